The van der Waals surface area contributed by atoms with E-state index in [-0.39, 0.29) is 24.8 Å². The van der Waals surface area contributed by atoms with Crippen LogP contribution in [0.4, 0.5) is 13.2 Å². The van der Waals surface area contributed by atoms with Crippen LogP contribution >= 0.6 is 0 Å². The summed E-state index contributed by atoms with van der Waals surface area (Å²) >= 11 is 0. The Balaban J connectivity index is 1.85. The molecule has 23 heavy (non-hydrogen) atoms. The number of carbonyl (C=O) groups is 1. The average Bonchev–Trinajstić information content (AvgIpc) is 2.88. The first-order valence-corrected chi connectivity index (χ1v) is 6.85. The van der Waals surface area contributed by atoms with Gasteiger partial charge in [0.2, 0.25) is 11.8 Å². The van der Waals surface area contributed by atoms with Gasteiger partial charge in [-0.05, 0) is 23.8 Å². The van der Waals surface area contributed by atoms with Gasteiger partial charge in [0.25, 0.3) is 0 Å². The summed E-state index contributed by atoms with van der Waals surface area (Å²) < 4.78 is 42.7. The van der Waals surface area contributed by atoms with E-state index in [9.17, 15) is 18.0 Å². The standard InChI is InChI=1S/C15H16F3N3O2/c1-21-6-2-3-12(21)8-13(22)20-9-11-4-5-19-14(7-11)23-10-15(16,17)18/h2-7H,8-10H2,1H3,(H,20,22). The second-order valence-electron chi connectivity index (χ2n) is 4.97. The number of ether oxygens (including phenoxy) is 1. The van der Waals surface area contributed by atoms with Crippen molar-refractivity contribution in [2.75, 3.05) is 6.61 Å². The maximum Gasteiger partial charge on any atom is 0.422 e. The van der Waals surface area contributed by atoms with Crippen LogP contribution in [0.25, 0.3) is 0 Å². The fourth-order valence-corrected chi connectivity index (χ4v) is 1.90. The Hall–Kier alpha value is -2.51. The molecule has 124 valence electrons. The fraction of sp³-hybridized carbons (Fsp3) is 0.333. The van der Waals surface area contributed by atoms with Crippen LogP contribution in [-0.2, 0) is 24.8 Å². The maximum atomic E-state index is 12.1. The second kappa shape index (κ2) is 7.17. The molecule has 2 aromatic rings. The van der Waals surface area contributed by atoms with Crippen LogP contribution in [0.2, 0.25) is 0 Å². The summed E-state index contributed by atoms with van der Waals surface area (Å²) in [6.07, 6.45) is -1.01. The molecule has 5 nitrogen and oxygen atoms in total. The van der Waals surface area contributed by atoms with Gasteiger partial charge < -0.3 is 14.6 Å². The van der Waals surface area contributed by atoms with Crippen LogP contribution in [0.1, 0.15) is 11.3 Å². The lowest BCUT2D eigenvalue weighted by Crippen LogP contribution is -2.25. The predicted octanol–water partition coefficient (Wildman–Crippen LogP) is 2.22. The summed E-state index contributed by atoms with van der Waals surface area (Å²) in [5.41, 5.74) is 1.48. The minimum atomic E-state index is -4.42. The van der Waals surface area contributed by atoms with Crippen LogP contribution in [0.3, 0.4) is 0 Å². The second-order valence-corrected chi connectivity index (χ2v) is 4.97. The SMILES string of the molecule is Cn1cccc1CC(=O)NCc1ccnc(OCC(F)(F)F)c1. The number of halogens is 3. The Morgan fingerprint density at radius 3 is 2.83 bits per heavy atom. The molecule has 1 amide bonds. The number of aromatic nitrogens is 2. The molecular formula is C15H16F3N3O2. The van der Waals surface area contributed by atoms with Crippen molar-refractivity contribution < 1.29 is 22.7 Å². The molecule has 0 aliphatic heterocycles. The number of alkyl halides is 3. The Morgan fingerprint density at radius 1 is 1.39 bits per heavy atom. The molecule has 2 aromatic heterocycles. The predicted molar refractivity (Wildman–Crippen MR) is 76.8 cm³/mol. The number of hydrogen-bond acceptors (Lipinski definition) is 3. The largest absolute Gasteiger partial charge is 0.468 e. The minimum absolute atomic E-state index is 0.128. The van der Waals surface area contributed by atoms with E-state index >= 15 is 0 Å². The molecule has 0 radical (unpaired) electrons. The molecule has 0 aliphatic carbocycles. The van der Waals surface area contributed by atoms with Crippen molar-refractivity contribution >= 4 is 5.91 Å². The lowest BCUT2D eigenvalue weighted by Gasteiger charge is -2.10. The number of pyridine rings is 1. The molecule has 0 bridgehead atoms. The molecule has 2 rings (SSSR count). The van der Waals surface area contributed by atoms with Gasteiger partial charge in [-0.2, -0.15) is 13.2 Å². The molecule has 0 unspecified atom stereocenters. The van der Waals surface area contributed by atoms with Gasteiger partial charge in [-0.3, -0.25) is 4.79 Å². The first-order valence-electron chi connectivity index (χ1n) is 6.85. The molecule has 0 aromatic carbocycles. The lowest BCUT2D eigenvalue weighted by atomic mass is 10.2. The van der Waals surface area contributed by atoms with E-state index in [1.54, 1.807) is 6.07 Å². The van der Waals surface area contributed by atoms with E-state index in [0.717, 1.165) is 5.69 Å². The third-order valence-electron chi connectivity index (χ3n) is 3.07. The highest BCUT2D eigenvalue weighted by Crippen LogP contribution is 2.17. The first-order chi connectivity index (χ1) is 10.8. The zero-order chi connectivity index (χ0) is 16.9. The molecule has 0 saturated carbocycles. The molecule has 0 spiro atoms. The third kappa shape index (κ3) is 5.65. The summed E-state index contributed by atoms with van der Waals surface area (Å²) in [4.78, 5) is 15.6. The fourth-order valence-electron chi connectivity index (χ4n) is 1.90. The molecule has 0 fully saturated rings. The number of hydrogen-bond donors (Lipinski definition) is 1. The van der Waals surface area contributed by atoms with Crippen molar-refractivity contribution in [3.8, 4) is 5.88 Å². The van der Waals surface area contributed by atoms with Crippen LogP contribution in [0.5, 0.6) is 5.88 Å². The number of nitrogens with zero attached hydrogens (tertiary/aromatic N) is 2. The normalized spacial score (nSPS) is 11.3. The van der Waals surface area contributed by atoms with E-state index < -0.39 is 12.8 Å². The summed E-state index contributed by atoms with van der Waals surface area (Å²) in [5.74, 6) is -0.308. The van der Waals surface area contributed by atoms with Gasteiger partial charge in [-0.15, -0.1) is 0 Å². The number of rotatable bonds is 6. The Morgan fingerprint density at radius 2 is 2.17 bits per heavy atom. The smallest absolute Gasteiger partial charge is 0.422 e. The number of carbonyl (C=O) groups excluding carboxylic acids is 1. The van der Waals surface area contributed by atoms with Gasteiger partial charge >= 0.3 is 6.18 Å². The van der Waals surface area contributed by atoms with Crippen LogP contribution in [0, 0.1) is 0 Å². The molecular weight excluding hydrogens is 311 g/mol. The zero-order valence-corrected chi connectivity index (χ0v) is 12.4. The Kier molecular flexibility index (Phi) is 5.25. The van der Waals surface area contributed by atoms with Gasteiger partial charge in [-0.25, -0.2) is 4.98 Å². The van der Waals surface area contributed by atoms with Gasteiger partial charge in [-0.1, -0.05) is 0 Å². The molecule has 0 saturated heterocycles. The topological polar surface area (TPSA) is 56.2 Å². The van der Waals surface area contributed by atoms with Gasteiger partial charge in [0, 0.05) is 37.7 Å². The van der Waals surface area contributed by atoms with Crippen molar-refractivity contribution in [3.63, 3.8) is 0 Å². The molecule has 1 N–H and O–H groups in total. The van der Waals surface area contributed by atoms with E-state index in [2.05, 4.69) is 15.0 Å². The Bertz CT molecular complexity index is 668. The molecule has 8 heteroatoms. The quantitative estimate of drug-likeness (QED) is 0.885. The van der Waals surface area contributed by atoms with E-state index in [0.29, 0.717) is 5.56 Å². The summed E-state index contributed by atoms with van der Waals surface area (Å²) in [7, 11) is 1.84. The number of nitrogens with one attached hydrogen (secondary N) is 1. The van der Waals surface area contributed by atoms with Crippen LogP contribution in [0.15, 0.2) is 36.7 Å². The summed E-state index contributed by atoms with van der Waals surface area (Å²) in [6.45, 7) is -1.21. The molecule has 0 atom stereocenters. The molecule has 2 heterocycles. The maximum absolute atomic E-state index is 12.1. The average molecular weight is 327 g/mol. The summed E-state index contributed by atoms with van der Waals surface area (Å²) in [5, 5.41) is 2.71. The van der Waals surface area contributed by atoms with Crippen molar-refractivity contribution in [3.05, 3.63) is 47.9 Å². The zero-order valence-electron chi connectivity index (χ0n) is 12.4. The minimum Gasteiger partial charge on any atom is -0.468 e. The van der Waals surface area contributed by atoms with Gasteiger partial charge in [0.1, 0.15) is 0 Å². The Labute approximate surface area is 131 Å². The highest BCUT2D eigenvalue weighted by molar-refractivity contribution is 5.78. The third-order valence-corrected chi connectivity index (χ3v) is 3.07. The highest BCUT2D eigenvalue weighted by Gasteiger charge is 2.28. The van der Waals surface area contributed by atoms with E-state index in [1.807, 2.05) is 29.9 Å². The van der Waals surface area contributed by atoms with Gasteiger partial charge in [0.15, 0.2) is 6.61 Å². The first kappa shape index (κ1) is 16.9. The van der Waals surface area contributed by atoms with Crippen LogP contribution in [-0.4, -0.2) is 28.2 Å². The number of aryl methyl sites for hydroxylation is 1. The summed E-state index contributed by atoms with van der Waals surface area (Å²) in [6, 6.07) is 6.66. The van der Waals surface area contributed by atoms with Crippen molar-refractivity contribution in [2.24, 2.45) is 7.05 Å². The van der Waals surface area contributed by atoms with Gasteiger partial charge in [0.05, 0.1) is 6.42 Å². The van der Waals surface area contributed by atoms with Crippen molar-refractivity contribution in [2.45, 2.75) is 19.1 Å². The highest BCUT2D eigenvalue weighted by atomic mass is 19.4. The van der Waals surface area contributed by atoms with Crippen LogP contribution < -0.4 is 10.1 Å². The van der Waals surface area contributed by atoms with Crippen molar-refractivity contribution in [1.82, 2.24) is 14.9 Å². The molecule has 0 aliphatic rings. The monoisotopic (exact) mass is 327 g/mol. The van der Waals surface area contributed by atoms with Crippen molar-refractivity contribution in [1.29, 1.82) is 0 Å². The van der Waals surface area contributed by atoms with E-state index in [4.69, 9.17) is 0 Å². The number of amides is 1. The van der Waals surface area contributed by atoms with E-state index in [1.165, 1.54) is 12.3 Å². The lowest BCUT2D eigenvalue weighted by molar-refractivity contribution is -0.154.